The van der Waals surface area contributed by atoms with E-state index in [2.05, 4.69) is 6.07 Å². The number of hydrogen-bond donors (Lipinski definition) is 1. The van der Waals surface area contributed by atoms with E-state index in [4.69, 9.17) is 5.84 Å². The highest BCUT2D eigenvalue weighted by atomic mass is 16.2. The number of carbonyl (C=O) groups excluding carboxylic acids is 1. The lowest BCUT2D eigenvalue weighted by Crippen LogP contribution is -2.49. The number of aryl methyl sites for hydroxylation is 1. The van der Waals surface area contributed by atoms with Gasteiger partial charge in [0.1, 0.15) is 0 Å². The Balaban J connectivity index is 2.20. The molecule has 0 radical (unpaired) electrons. The van der Waals surface area contributed by atoms with Crippen molar-refractivity contribution in [3.8, 4) is 0 Å². The molecule has 2 aliphatic rings. The fourth-order valence-electron chi connectivity index (χ4n) is 3.43. The molecule has 1 saturated carbocycles. The lowest BCUT2D eigenvalue weighted by Gasteiger charge is -2.39. The van der Waals surface area contributed by atoms with Crippen molar-refractivity contribution in [3.63, 3.8) is 0 Å². The normalized spacial score (nSPS) is 22.0. The molecule has 0 unspecified atom stereocenters. The monoisotopic (exact) mass is 230 g/mol. The first-order valence-electron chi connectivity index (χ1n) is 6.36. The summed E-state index contributed by atoms with van der Waals surface area (Å²) in [5.74, 6) is 6.09. The van der Waals surface area contributed by atoms with Crippen LogP contribution in [0.2, 0.25) is 0 Å². The number of benzene rings is 1. The quantitative estimate of drug-likeness (QED) is 0.550. The minimum absolute atomic E-state index is 0. The van der Waals surface area contributed by atoms with Gasteiger partial charge in [-0.25, -0.2) is 5.84 Å². The minimum Gasteiger partial charge on any atom is -0.268 e. The Bertz CT molecular complexity index is 475. The standard InChI is InChI=1S/C14H18N2O/c1-10-6-5-7-11-12(10)13(17)16(15)14(11)8-3-2-4-9-14/h5-7H,2-4,8-9,15H2,1H3. The Labute approximate surface area is 102 Å². The first kappa shape index (κ1) is 10.8. The third-order valence-corrected chi connectivity index (χ3v) is 4.35. The van der Waals surface area contributed by atoms with Crippen molar-refractivity contribution in [2.24, 2.45) is 5.84 Å². The van der Waals surface area contributed by atoms with E-state index in [9.17, 15) is 4.79 Å². The maximum atomic E-state index is 12.3. The molecule has 3 nitrogen and oxygen atoms in total. The number of nitrogens with two attached hydrogens (primary N) is 1. The Morgan fingerprint density at radius 2 is 1.94 bits per heavy atom. The summed E-state index contributed by atoms with van der Waals surface area (Å²) in [6, 6.07) is 6.11. The second kappa shape index (κ2) is 3.57. The van der Waals surface area contributed by atoms with Gasteiger partial charge in [0.05, 0.1) is 5.54 Å². The topological polar surface area (TPSA) is 46.3 Å². The lowest BCUT2D eigenvalue weighted by atomic mass is 9.77. The van der Waals surface area contributed by atoms with Crippen LogP contribution < -0.4 is 5.84 Å². The Kier molecular flexibility index (Phi) is 2.26. The molecule has 0 atom stereocenters. The molecule has 0 saturated heterocycles. The molecule has 3 heteroatoms. The third-order valence-electron chi connectivity index (χ3n) is 4.35. The summed E-state index contributed by atoms with van der Waals surface area (Å²) in [6.45, 7) is 1.99. The molecule has 1 fully saturated rings. The van der Waals surface area contributed by atoms with Crippen molar-refractivity contribution in [2.45, 2.75) is 44.6 Å². The van der Waals surface area contributed by atoms with Gasteiger partial charge in [-0.3, -0.25) is 9.80 Å². The van der Waals surface area contributed by atoms with E-state index in [1.807, 2.05) is 19.1 Å². The maximum absolute atomic E-state index is 12.3. The largest absolute Gasteiger partial charge is 0.269 e. The number of amides is 1. The van der Waals surface area contributed by atoms with E-state index in [0.717, 1.165) is 42.4 Å². The highest BCUT2D eigenvalue weighted by molar-refractivity contribution is 6.01. The van der Waals surface area contributed by atoms with Crippen LogP contribution in [0.15, 0.2) is 18.2 Å². The van der Waals surface area contributed by atoms with Gasteiger partial charge in [-0.1, -0.05) is 37.5 Å². The van der Waals surface area contributed by atoms with Gasteiger partial charge in [0, 0.05) is 5.56 Å². The zero-order valence-electron chi connectivity index (χ0n) is 10.2. The van der Waals surface area contributed by atoms with E-state index in [1.54, 1.807) is 0 Å². The summed E-state index contributed by atoms with van der Waals surface area (Å²) in [5, 5.41) is 1.50. The molecule has 1 aliphatic carbocycles. The molecular formula is C14H18N2O. The summed E-state index contributed by atoms with van der Waals surface area (Å²) in [5.41, 5.74) is 2.84. The van der Waals surface area contributed by atoms with Crippen LogP contribution in [0, 0.1) is 6.92 Å². The predicted octanol–water partition coefficient (Wildman–Crippen LogP) is 2.48. The van der Waals surface area contributed by atoms with Crippen LogP contribution in [0.5, 0.6) is 0 Å². The number of hydrogen-bond acceptors (Lipinski definition) is 2. The van der Waals surface area contributed by atoms with Crippen molar-refractivity contribution in [3.05, 3.63) is 34.9 Å². The molecule has 0 aromatic heterocycles. The van der Waals surface area contributed by atoms with Crippen LogP contribution in [0.1, 0.15) is 53.6 Å². The van der Waals surface area contributed by atoms with Gasteiger partial charge in [-0.15, -0.1) is 0 Å². The van der Waals surface area contributed by atoms with Gasteiger partial charge in [0.2, 0.25) is 0 Å². The highest BCUT2D eigenvalue weighted by Crippen LogP contribution is 2.47. The first-order valence-corrected chi connectivity index (χ1v) is 6.36. The summed E-state index contributed by atoms with van der Waals surface area (Å²) in [6.07, 6.45) is 5.59. The Morgan fingerprint density at radius 3 is 2.65 bits per heavy atom. The number of fused-ring (bicyclic) bond motifs is 2. The molecule has 1 amide bonds. The molecule has 1 aromatic rings. The fourth-order valence-corrected chi connectivity index (χ4v) is 3.43. The van der Waals surface area contributed by atoms with Crippen molar-refractivity contribution in [2.75, 3.05) is 0 Å². The molecular weight excluding hydrogens is 212 g/mol. The van der Waals surface area contributed by atoms with Crippen LogP contribution in [-0.4, -0.2) is 10.9 Å². The van der Waals surface area contributed by atoms with Gasteiger partial charge in [0.15, 0.2) is 0 Å². The van der Waals surface area contributed by atoms with Crippen molar-refractivity contribution < 1.29 is 4.79 Å². The van der Waals surface area contributed by atoms with Crippen molar-refractivity contribution in [1.82, 2.24) is 5.01 Å². The maximum Gasteiger partial charge on any atom is 0.269 e. The van der Waals surface area contributed by atoms with Crippen molar-refractivity contribution in [1.29, 1.82) is 0 Å². The van der Waals surface area contributed by atoms with Gasteiger partial charge < -0.3 is 0 Å². The first-order chi connectivity index (χ1) is 8.17. The fraction of sp³-hybridized carbons (Fsp3) is 0.500. The lowest BCUT2D eigenvalue weighted by molar-refractivity contribution is 0.0419. The van der Waals surface area contributed by atoms with E-state index in [1.165, 1.54) is 11.4 Å². The van der Waals surface area contributed by atoms with E-state index in [0.29, 0.717) is 0 Å². The predicted molar refractivity (Wildman–Crippen MR) is 66.3 cm³/mol. The molecule has 90 valence electrons. The van der Waals surface area contributed by atoms with Gasteiger partial charge in [0.25, 0.3) is 5.91 Å². The minimum atomic E-state index is -0.212. The molecule has 1 aliphatic heterocycles. The summed E-state index contributed by atoms with van der Waals surface area (Å²) in [7, 11) is 0. The van der Waals surface area contributed by atoms with Crippen LogP contribution in [0.3, 0.4) is 0 Å². The van der Waals surface area contributed by atoms with Gasteiger partial charge >= 0.3 is 0 Å². The molecule has 1 spiro atoms. The summed E-state index contributed by atoms with van der Waals surface area (Å²) < 4.78 is 0. The van der Waals surface area contributed by atoms with Crippen LogP contribution in [0.25, 0.3) is 0 Å². The van der Waals surface area contributed by atoms with Crippen LogP contribution in [-0.2, 0) is 5.54 Å². The summed E-state index contributed by atoms with van der Waals surface area (Å²) >= 11 is 0. The zero-order valence-corrected chi connectivity index (χ0v) is 10.2. The zero-order chi connectivity index (χ0) is 12.0. The van der Waals surface area contributed by atoms with Crippen LogP contribution in [0.4, 0.5) is 0 Å². The molecule has 2 N–H and O–H groups in total. The molecule has 1 aromatic carbocycles. The van der Waals surface area contributed by atoms with E-state index >= 15 is 0 Å². The smallest absolute Gasteiger partial charge is 0.268 e. The van der Waals surface area contributed by atoms with E-state index in [-0.39, 0.29) is 11.4 Å². The Morgan fingerprint density at radius 1 is 1.24 bits per heavy atom. The highest BCUT2D eigenvalue weighted by Gasteiger charge is 2.49. The summed E-state index contributed by atoms with van der Waals surface area (Å²) in [4.78, 5) is 12.3. The van der Waals surface area contributed by atoms with Crippen molar-refractivity contribution >= 4 is 5.91 Å². The molecule has 3 rings (SSSR count). The number of hydrazine groups is 1. The number of nitrogens with zero attached hydrogens (tertiary/aromatic N) is 1. The van der Waals surface area contributed by atoms with Gasteiger partial charge in [-0.05, 0) is 30.9 Å². The average Bonchev–Trinajstić information content (AvgIpc) is 2.55. The van der Waals surface area contributed by atoms with Gasteiger partial charge in [-0.2, -0.15) is 0 Å². The second-order valence-corrected chi connectivity index (χ2v) is 5.26. The SMILES string of the molecule is Cc1cccc2c1C(=O)N(N)C21CCCCC1. The van der Waals surface area contributed by atoms with E-state index < -0.39 is 0 Å². The number of rotatable bonds is 0. The number of carbonyl (C=O) groups is 1. The Hall–Kier alpha value is -1.35. The van der Waals surface area contributed by atoms with Crippen LogP contribution >= 0.6 is 0 Å². The third kappa shape index (κ3) is 1.29. The molecule has 0 bridgehead atoms. The second-order valence-electron chi connectivity index (χ2n) is 5.26. The average molecular weight is 230 g/mol. The molecule has 1 heterocycles. The molecule has 17 heavy (non-hydrogen) atoms.